The zero-order valence-electron chi connectivity index (χ0n) is 16.2. The molecule has 4 nitrogen and oxygen atoms in total. The quantitative estimate of drug-likeness (QED) is 0.405. The molecule has 0 atom stereocenters. The maximum Gasteiger partial charge on any atom is 0.239 e. The Morgan fingerprint density at radius 2 is 1.96 bits per heavy atom. The lowest BCUT2D eigenvalue weighted by Gasteiger charge is -2.13. The predicted octanol–water partition coefficient (Wildman–Crippen LogP) is 5.06. The summed E-state index contributed by atoms with van der Waals surface area (Å²) in [4.78, 5) is 11.9. The minimum absolute atomic E-state index is 0.0395. The Bertz CT molecular complexity index is 552. The van der Waals surface area contributed by atoms with E-state index in [4.69, 9.17) is 4.74 Å². The number of anilines is 1. The van der Waals surface area contributed by atoms with Crippen LogP contribution < -0.4 is 15.4 Å². The Hall–Kier alpha value is -1.97. The predicted molar refractivity (Wildman–Crippen MR) is 109 cm³/mol. The van der Waals surface area contributed by atoms with Gasteiger partial charge in [-0.25, -0.2) is 0 Å². The number of hydrogen-bond acceptors (Lipinski definition) is 3. The average Bonchev–Trinajstić information content (AvgIpc) is 2.68. The molecule has 0 unspecified atom stereocenters. The van der Waals surface area contributed by atoms with Crippen molar-refractivity contribution in [2.45, 2.75) is 64.7 Å². The molecule has 0 bridgehead atoms. The minimum atomic E-state index is 0.0395. The van der Waals surface area contributed by atoms with Crippen LogP contribution in [0, 0.1) is 0 Å². The summed E-state index contributed by atoms with van der Waals surface area (Å²) in [5.41, 5.74) is 2.43. The van der Waals surface area contributed by atoms with Crippen LogP contribution in [0.3, 0.4) is 0 Å². The first kappa shape index (κ1) is 20.3. The molecule has 0 aromatic heterocycles. The Morgan fingerprint density at radius 1 is 1.12 bits per heavy atom. The van der Waals surface area contributed by atoms with Crippen molar-refractivity contribution in [3.8, 4) is 5.75 Å². The maximum absolute atomic E-state index is 11.9. The van der Waals surface area contributed by atoms with Crippen LogP contribution in [0.15, 0.2) is 35.9 Å². The summed E-state index contributed by atoms with van der Waals surface area (Å²) in [5.74, 6) is 0.926. The van der Waals surface area contributed by atoms with Gasteiger partial charge in [0.2, 0.25) is 5.91 Å². The van der Waals surface area contributed by atoms with Crippen LogP contribution in [0.2, 0.25) is 0 Å². The molecule has 144 valence electrons. The molecule has 0 spiro atoms. The molecule has 0 fully saturated rings. The van der Waals surface area contributed by atoms with Gasteiger partial charge in [-0.1, -0.05) is 37.8 Å². The van der Waals surface area contributed by atoms with E-state index in [0.717, 1.165) is 37.4 Å². The summed E-state index contributed by atoms with van der Waals surface area (Å²) in [7, 11) is 0. The highest BCUT2D eigenvalue weighted by molar-refractivity contribution is 5.80. The normalized spacial score (nSPS) is 13.8. The number of nitrogens with one attached hydrogen (secondary N) is 2. The summed E-state index contributed by atoms with van der Waals surface area (Å²) in [6.07, 6.45) is 13.1. The largest absolute Gasteiger partial charge is 0.494 e. The van der Waals surface area contributed by atoms with Gasteiger partial charge in [-0.05, 0) is 62.8 Å². The van der Waals surface area contributed by atoms with Gasteiger partial charge in [-0.3, -0.25) is 4.79 Å². The second-order valence-corrected chi connectivity index (χ2v) is 7.00. The molecule has 0 heterocycles. The van der Waals surface area contributed by atoms with Gasteiger partial charge in [-0.15, -0.1) is 0 Å². The molecule has 26 heavy (non-hydrogen) atoms. The van der Waals surface area contributed by atoms with E-state index >= 15 is 0 Å². The van der Waals surface area contributed by atoms with Crippen molar-refractivity contribution in [1.82, 2.24) is 5.32 Å². The van der Waals surface area contributed by atoms with Crippen molar-refractivity contribution >= 4 is 11.6 Å². The van der Waals surface area contributed by atoms with Gasteiger partial charge < -0.3 is 15.4 Å². The standard InChI is InChI=1S/C22H34N2O2/c1-2-3-4-8-17-26-21-13-11-20(12-14-21)24-18-22(25)23-16-15-19-9-6-5-7-10-19/h9,11-14,24H,2-8,10,15-18H2,1H3,(H,23,25). The van der Waals surface area contributed by atoms with Crippen LogP contribution in [-0.2, 0) is 4.79 Å². The number of carbonyl (C=O) groups excluding carboxylic acids is 1. The maximum atomic E-state index is 11.9. The Labute approximate surface area is 158 Å². The van der Waals surface area contributed by atoms with Gasteiger partial charge in [0, 0.05) is 12.2 Å². The molecule has 1 amide bonds. The molecule has 4 heteroatoms. The molecule has 1 aliphatic carbocycles. The van der Waals surface area contributed by atoms with Gasteiger partial charge in [-0.2, -0.15) is 0 Å². The van der Waals surface area contributed by atoms with Gasteiger partial charge in [0.25, 0.3) is 0 Å². The van der Waals surface area contributed by atoms with Crippen molar-refractivity contribution in [1.29, 1.82) is 0 Å². The third kappa shape index (κ3) is 8.41. The molecule has 0 saturated heterocycles. The lowest BCUT2D eigenvalue weighted by Crippen LogP contribution is -2.30. The smallest absolute Gasteiger partial charge is 0.239 e. The topological polar surface area (TPSA) is 50.4 Å². The molecule has 1 aromatic rings. The van der Waals surface area contributed by atoms with Crippen molar-refractivity contribution < 1.29 is 9.53 Å². The van der Waals surface area contributed by atoms with Crippen molar-refractivity contribution in [2.24, 2.45) is 0 Å². The first-order valence-corrected chi connectivity index (χ1v) is 10.2. The molecule has 1 aromatic carbocycles. The van der Waals surface area contributed by atoms with Gasteiger partial charge >= 0.3 is 0 Å². The molecule has 0 radical (unpaired) electrons. The molecular weight excluding hydrogens is 324 g/mol. The Balaban J connectivity index is 1.58. The summed E-state index contributed by atoms with van der Waals surface area (Å²) < 4.78 is 5.73. The summed E-state index contributed by atoms with van der Waals surface area (Å²) >= 11 is 0. The van der Waals surface area contributed by atoms with Crippen molar-refractivity contribution in [3.05, 3.63) is 35.9 Å². The second-order valence-electron chi connectivity index (χ2n) is 7.00. The van der Waals surface area contributed by atoms with E-state index in [9.17, 15) is 4.79 Å². The highest BCUT2D eigenvalue weighted by Gasteiger charge is 2.05. The molecule has 0 saturated carbocycles. The third-order valence-electron chi connectivity index (χ3n) is 4.73. The number of ether oxygens (including phenoxy) is 1. The highest BCUT2D eigenvalue weighted by atomic mass is 16.5. The van der Waals surface area contributed by atoms with E-state index in [1.165, 1.54) is 50.5 Å². The van der Waals surface area contributed by atoms with Crippen LogP contribution in [0.1, 0.15) is 64.7 Å². The third-order valence-corrected chi connectivity index (χ3v) is 4.73. The fourth-order valence-corrected chi connectivity index (χ4v) is 3.13. The summed E-state index contributed by atoms with van der Waals surface area (Å²) in [6.45, 7) is 4.01. The fourth-order valence-electron chi connectivity index (χ4n) is 3.13. The lowest BCUT2D eigenvalue weighted by atomic mass is 9.97. The lowest BCUT2D eigenvalue weighted by molar-refractivity contribution is -0.119. The number of rotatable bonds is 12. The number of allylic oxidation sites excluding steroid dienone is 1. The molecule has 1 aliphatic rings. The first-order valence-electron chi connectivity index (χ1n) is 10.2. The Kier molecular flexibility index (Phi) is 9.70. The minimum Gasteiger partial charge on any atom is -0.494 e. The zero-order valence-corrected chi connectivity index (χ0v) is 16.2. The molecule has 2 N–H and O–H groups in total. The van der Waals surface area contributed by atoms with Gasteiger partial charge in [0.15, 0.2) is 0 Å². The van der Waals surface area contributed by atoms with Crippen LogP contribution >= 0.6 is 0 Å². The number of hydrogen-bond donors (Lipinski definition) is 2. The van der Waals surface area contributed by atoms with Crippen molar-refractivity contribution in [2.75, 3.05) is 25.0 Å². The number of carbonyl (C=O) groups is 1. The second kappa shape index (κ2) is 12.4. The van der Waals surface area contributed by atoms with Crippen LogP contribution in [0.4, 0.5) is 5.69 Å². The van der Waals surface area contributed by atoms with E-state index in [-0.39, 0.29) is 5.91 Å². The zero-order chi connectivity index (χ0) is 18.5. The van der Waals surface area contributed by atoms with Gasteiger partial charge in [0.05, 0.1) is 13.2 Å². The monoisotopic (exact) mass is 358 g/mol. The summed E-state index contributed by atoms with van der Waals surface area (Å²) in [6, 6.07) is 7.83. The highest BCUT2D eigenvalue weighted by Crippen LogP contribution is 2.19. The fraction of sp³-hybridized carbons (Fsp3) is 0.591. The first-order chi connectivity index (χ1) is 12.8. The number of unbranched alkanes of at least 4 members (excludes halogenated alkanes) is 3. The van der Waals surface area contributed by atoms with E-state index in [2.05, 4.69) is 23.6 Å². The Morgan fingerprint density at radius 3 is 2.69 bits per heavy atom. The van der Waals surface area contributed by atoms with Crippen molar-refractivity contribution in [3.63, 3.8) is 0 Å². The SMILES string of the molecule is CCCCCCOc1ccc(NCC(=O)NCCC2=CCCCC2)cc1. The number of benzene rings is 1. The average molecular weight is 359 g/mol. The van der Waals surface area contributed by atoms with E-state index in [1.54, 1.807) is 0 Å². The molecule has 0 aliphatic heterocycles. The van der Waals surface area contributed by atoms with E-state index in [1.807, 2.05) is 24.3 Å². The van der Waals surface area contributed by atoms with Crippen LogP contribution in [0.25, 0.3) is 0 Å². The molecular formula is C22H34N2O2. The summed E-state index contributed by atoms with van der Waals surface area (Å²) in [5, 5.41) is 6.15. The van der Waals surface area contributed by atoms with E-state index in [0.29, 0.717) is 6.54 Å². The van der Waals surface area contributed by atoms with Crippen LogP contribution in [-0.4, -0.2) is 25.6 Å². The number of amides is 1. The van der Waals surface area contributed by atoms with E-state index < -0.39 is 0 Å². The molecule has 2 rings (SSSR count). The van der Waals surface area contributed by atoms with Crippen LogP contribution in [0.5, 0.6) is 5.75 Å². The van der Waals surface area contributed by atoms with Gasteiger partial charge in [0.1, 0.15) is 5.75 Å².